The lowest BCUT2D eigenvalue weighted by Crippen LogP contribution is -2.60. The summed E-state index contributed by atoms with van der Waals surface area (Å²) in [5.74, 6) is -1.05. The fourth-order valence-electron chi connectivity index (χ4n) is 3.22. The minimum atomic E-state index is -1.16. The fraction of sp³-hybridized carbons (Fsp3) is 0.318. The topological polar surface area (TPSA) is 105 Å². The molecule has 1 aliphatic rings. The normalized spacial score (nSPS) is 22.1. The van der Waals surface area contributed by atoms with Crippen LogP contribution < -0.4 is 10.6 Å². The highest BCUT2D eigenvalue weighted by atomic mass is 16.5. The maximum atomic E-state index is 13.1. The number of benzene rings is 2. The van der Waals surface area contributed by atoms with Crippen molar-refractivity contribution in [3.05, 3.63) is 65.7 Å². The monoisotopic (exact) mass is 396 g/mol. The Morgan fingerprint density at radius 2 is 1.93 bits per heavy atom. The first-order valence-corrected chi connectivity index (χ1v) is 9.40. The number of hydrogen-bond acceptors (Lipinski definition) is 5. The number of carbonyl (C=O) groups excluding carboxylic acids is 3. The van der Waals surface area contributed by atoms with Gasteiger partial charge in [0.25, 0.3) is 5.91 Å². The lowest BCUT2D eigenvalue weighted by molar-refractivity contribution is -0.130. The Hall–Kier alpha value is -3.19. The molecular weight excluding hydrogens is 372 g/mol. The third-order valence-corrected chi connectivity index (χ3v) is 5.25. The van der Waals surface area contributed by atoms with E-state index in [9.17, 15) is 19.5 Å². The van der Waals surface area contributed by atoms with Gasteiger partial charge in [0.05, 0.1) is 6.10 Å². The van der Waals surface area contributed by atoms with Gasteiger partial charge in [0.1, 0.15) is 23.9 Å². The van der Waals surface area contributed by atoms with E-state index in [4.69, 9.17) is 4.74 Å². The number of carbonyl (C=O) groups is 3. The quantitative estimate of drug-likeness (QED) is 0.688. The van der Waals surface area contributed by atoms with Crippen LogP contribution in [0.1, 0.15) is 29.8 Å². The molecule has 3 unspecified atom stereocenters. The minimum absolute atomic E-state index is 0.0639. The van der Waals surface area contributed by atoms with E-state index in [-0.39, 0.29) is 24.6 Å². The lowest BCUT2D eigenvalue weighted by atomic mass is 9.92. The van der Waals surface area contributed by atoms with Crippen molar-refractivity contribution < 1.29 is 24.2 Å². The van der Waals surface area contributed by atoms with Gasteiger partial charge in [0.2, 0.25) is 5.91 Å². The molecule has 7 nitrogen and oxygen atoms in total. The molecule has 1 saturated heterocycles. The van der Waals surface area contributed by atoms with Gasteiger partial charge in [-0.3, -0.25) is 14.4 Å². The van der Waals surface area contributed by atoms with Crippen LogP contribution in [0.25, 0.3) is 0 Å². The second kappa shape index (κ2) is 8.45. The molecule has 2 aromatic carbocycles. The number of Topliss-reactive ketones (excluding diaryl/α,β-unsaturated/α-hetero) is 1. The highest BCUT2D eigenvalue weighted by molar-refractivity contribution is 6.00. The van der Waals surface area contributed by atoms with Crippen LogP contribution in [0.4, 0.5) is 0 Å². The molecule has 1 aliphatic heterocycles. The Morgan fingerprint density at radius 1 is 1.21 bits per heavy atom. The second-order valence-corrected chi connectivity index (χ2v) is 7.33. The highest BCUT2D eigenvalue weighted by Crippen LogP contribution is 2.22. The lowest BCUT2D eigenvalue weighted by Gasteiger charge is -2.30. The third-order valence-electron chi connectivity index (χ3n) is 5.25. The summed E-state index contributed by atoms with van der Waals surface area (Å²) < 4.78 is 5.36. The van der Waals surface area contributed by atoms with Gasteiger partial charge in [-0.15, -0.1) is 0 Å². The molecule has 152 valence electrons. The van der Waals surface area contributed by atoms with Crippen molar-refractivity contribution in [2.45, 2.75) is 38.0 Å². The molecule has 0 bridgehead atoms. The molecule has 2 amide bonds. The smallest absolute Gasteiger partial charge is 0.251 e. The molecule has 1 fully saturated rings. The first-order valence-electron chi connectivity index (χ1n) is 9.40. The summed E-state index contributed by atoms with van der Waals surface area (Å²) in [6.07, 6.45) is -0.330. The molecule has 0 aromatic heterocycles. The maximum absolute atomic E-state index is 13.1. The number of aromatic hydroxyl groups is 1. The highest BCUT2D eigenvalue weighted by Gasteiger charge is 2.47. The van der Waals surface area contributed by atoms with E-state index in [1.165, 1.54) is 12.1 Å². The van der Waals surface area contributed by atoms with E-state index in [0.717, 1.165) is 0 Å². The molecule has 0 aliphatic carbocycles. The van der Waals surface area contributed by atoms with Gasteiger partial charge in [0.15, 0.2) is 5.78 Å². The summed E-state index contributed by atoms with van der Waals surface area (Å²) in [6.45, 7) is 3.28. The predicted octanol–water partition coefficient (Wildman–Crippen LogP) is 1.60. The summed E-state index contributed by atoms with van der Waals surface area (Å²) in [5.41, 5.74) is -0.0715. The van der Waals surface area contributed by atoms with Crippen LogP contribution in [0.2, 0.25) is 0 Å². The van der Waals surface area contributed by atoms with Crippen LogP contribution in [-0.4, -0.2) is 47.0 Å². The number of ether oxygens (including phenoxy) is 1. The number of nitrogens with one attached hydrogen (secondary N) is 2. The van der Waals surface area contributed by atoms with Crippen molar-refractivity contribution in [3.63, 3.8) is 0 Å². The Labute approximate surface area is 169 Å². The summed E-state index contributed by atoms with van der Waals surface area (Å²) in [5, 5.41) is 15.2. The molecule has 3 rings (SSSR count). The average molecular weight is 396 g/mol. The molecule has 29 heavy (non-hydrogen) atoms. The van der Waals surface area contributed by atoms with E-state index in [2.05, 4.69) is 10.6 Å². The van der Waals surface area contributed by atoms with Gasteiger partial charge in [-0.25, -0.2) is 0 Å². The summed E-state index contributed by atoms with van der Waals surface area (Å²) in [4.78, 5) is 37.9. The van der Waals surface area contributed by atoms with Crippen molar-refractivity contribution >= 4 is 17.6 Å². The first-order chi connectivity index (χ1) is 13.8. The predicted molar refractivity (Wildman–Crippen MR) is 106 cm³/mol. The van der Waals surface area contributed by atoms with Crippen molar-refractivity contribution in [1.82, 2.24) is 10.6 Å². The zero-order valence-electron chi connectivity index (χ0n) is 16.3. The molecular formula is C22H24N2O5. The molecule has 7 heteroatoms. The number of rotatable bonds is 6. The Balaban J connectivity index is 1.82. The standard InChI is InChI=1S/C22H24N2O5/c1-14-22(2,19(26)13-29-14)24-21(28)18(12-15-7-6-10-17(25)11-15)23-20(27)16-8-4-3-5-9-16/h3-11,14,18,25H,12-13H2,1-2H3,(H,23,27)(H,24,28). The van der Waals surface area contributed by atoms with Crippen molar-refractivity contribution in [2.24, 2.45) is 0 Å². The van der Waals surface area contributed by atoms with Crippen LogP contribution in [0.3, 0.4) is 0 Å². The van der Waals surface area contributed by atoms with Crippen molar-refractivity contribution in [2.75, 3.05) is 6.61 Å². The Morgan fingerprint density at radius 3 is 2.55 bits per heavy atom. The zero-order valence-corrected chi connectivity index (χ0v) is 16.3. The van der Waals surface area contributed by atoms with Gasteiger partial charge >= 0.3 is 0 Å². The van der Waals surface area contributed by atoms with Gasteiger partial charge < -0.3 is 20.5 Å². The van der Waals surface area contributed by atoms with Crippen LogP contribution in [0.5, 0.6) is 5.75 Å². The van der Waals surface area contributed by atoms with Crippen LogP contribution in [-0.2, 0) is 20.7 Å². The molecule has 3 N–H and O–H groups in total. The van der Waals surface area contributed by atoms with E-state index < -0.39 is 29.5 Å². The number of amides is 2. The van der Waals surface area contributed by atoms with Gasteiger partial charge in [-0.05, 0) is 43.7 Å². The van der Waals surface area contributed by atoms with E-state index >= 15 is 0 Å². The first kappa shape index (κ1) is 20.5. The van der Waals surface area contributed by atoms with Crippen LogP contribution >= 0.6 is 0 Å². The second-order valence-electron chi connectivity index (χ2n) is 7.33. The van der Waals surface area contributed by atoms with Crippen LogP contribution in [0, 0.1) is 0 Å². The van der Waals surface area contributed by atoms with Gasteiger partial charge in [-0.1, -0.05) is 30.3 Å². The maximum Gasteiger partial charge on any atom is 0.251 e. The van der Waals surface area contributed by atoms with Crippen molar-refractivity contribution in [3.8, 4) is 5.75 Å². The molecule has 1 heterocycles. The SMILES string of the molecule is CC1OCC(=O)C1(C)NC(=O)C(Cc1cccc(O)c1)NC(=O)c1ccccc1. The molecule has 0 radical (unpaired) electrons. The van der Waals surface area contributed by atoms with E-state index in [1.54, 1.807) is 56.3 Å². The number of phenols is 1. The largest absolute Gasteiger partial charge is 0.508 e. The van der Waals surface area contributed by atoms with Gasteiger partial charge in [0, 0.05) is 12.0 Å². The average Bonchev–Trinajstić information content (AvgIpc) is 2.95. The van der Waals surface area contributed by atoms with Gasteiger partial charge in [-0.2, -0.15) is 0 Å². The fourth-order valence-corrected chi connectivity index (χ4v) is 3.22. The van der Waals surface area contributed by atoms with Crippen molar-refractivity contribution in [1.29, 1.82) is 0 Å². The molecule has 2 aromatic rings. The van der Waals surface area contributed by atoms with Crippen LogP contribution in [0.15, 0.2) is 54.6 Å². The summed E-state index contributed by atoms with van der Waals surface area (Å²) in [6, 6.07) is 14.1. The number of ketones is 1. The minimum Gasteiger partial charge on any atom is -0.508 e. The molecule has 3 atom stereocenters. The van der Waals surface area contributed by atoms with E-state index in [0.29, 0.717) is 11.1 Å². The third kappa shape index (κ3) is 4.63. The number of hydrogen-bond donors (Lipinski definition) is 3. The number of phenolic OH excluding ortho intramolecular Hbond substituents is 1. The zero-order chi connectivity index (χ0) is 21.0. The molecule has 0 spiro atoms. The summed E-state index contributed by atoms with van der Waals surface area (Å²) in [7, 11) is 0. The molecule has 0 saturated carbocycles. The Bertz CT molecular complexity index is 914. The Kier molecular flexibility index (Phi) is 5.98. The van der Waals surface area contributed by atoms with E-state index in [1.807, 2.05) is 0 Å². The summed E-state index contributed by atoms with van der Waals surface area (Å²) >= 11 is 0.